The van der Waals surface area contributed by atoms with E-state index in [1.165, 1.54) is 5.57 Å². The summed E-state index contributed by atoms with van der Waals surface area (Å²) in [5.41, 5.74) is 1.20. The van der Waals surface area contributed by atoms with Crippen molar-refractivity contribution in [3.63, 3.8) is 0 Å². The summed E-state index contributed by atoms with van der Waals surface area (Å²) < 4.78 is 0. The zero-order valence-corrected chi connectivity index (χ0v) is 5.34. The van der Waals surface area contributed by atoms with Gasteiger partial charge in [-0.3, -0.25) is 0 Å². The number of hydrogen-bond acceptors (Lipinski definition) is 1. The Balaban J connectivity index is 0.000000291. The molecule has 1 aliphatic carbocycles. The lowest BCUT2D eigenvalue weighted by Gasteiger charge is -1.94. The number of carbonyl (C=O) groups is 1. The fourth-order valence-electron chi connectivity index (χ4n) is 0.558. The maximum Gasteiger partial charge on any atom is 0.106 e. The number of rotatable bonds is 0. The van der Waals surface area contributed by atoms with Gasteiger partial charge in [-0.1, -0.05) is 36.5 Å². The largest absolute Gasteiger partial charge is 0.307 e. The highest BCUT2D eigenvalue weighted by molar-refractivity contribution is 5.26. The molecule has 0 amide bonds. The zero-order chi connectivity index (χ0) is 7.11. The van der Waals surface area contributed by atoms with E-state index in [4.69, 9.17) is 4.79 Å². The predicted molar refractivity (Wildman–Crippen MR) is 39.2 cm³/mol. The molecule has 0 unspecified atom stereocenters. The van der Waals surface area contributed by atoms with Crippen molar-refractivity contribution in [3.8, 4) is 0 Å². The topological polar surface area (TPSA) is 17.1 Å². The quantitative estimate of drug-likeness (QED) is 0.479. The van der Waals surface area contributed by atoms with Crippen molar-refractivity contribution in [1.29, 1.82) is 0 Å². The Labute approximate surface area is 55.4 Å². The van der Waals surface area contributed by atoms with Crippen LogP contribution in [-0.4, -0.2) is 6.79 Å². The molecule has 0 radical (unpaired) electrons. The van der Waals surface area contributed by atoms with Crippen molar-refractivity contribution in [2.45, 2.75) is 6.42 Å². The van der Waals surface area contributed by atoms with E-state index in [9.17, 15) is 0 Å². The van der Waals surface area contributed by atoms with Crippen LogP contribution in [0, 0.1) is 0 Å². The van der Waals surface area contributed by atoms with Gasteiger partial charge in [0.05, 0.1) is 0 Å². The molecule has 1 aliphatic rings. The Morgan fingerprint density at radius 1 is 1.33 bits per heavy atom. The molecule has 1 nitrogen and oxygen atoms in total. The Bertz CT molecular complexity index is 143. The summed E-state index contributed by atoms with van der Waals surface area (Å²) in [5, 5.41) is 0. The van der Waals surface area contributed by atoms with Crippen LogP contribution in [0.1, 0.15) is 6.42 Å². The first-order chi connectivity index (χ1) is 4.39. The van der Waals surface area contributed by atoms with E-state index in [0.29, 0.717) is 0 Å². The Hall–Kier alpha value is -1.11. The van der Waals surface area contributed by atoms with Gasteiger partial charge < -0.3 is 4.79 Å². The third-order valence-electron chi connectivity index (χ3n) is 0.959. The smallest absolute Gasteiger partial charge is 0.106 e. The molecule has 48 valence electrons. The van der Waals surface area contributed by atoms with Gasteiger partial charge in [0.25, 0.3) is 0 Å². The summed E-state index contributed by atoms with van der Waals surface area (Å²) in [6.45, 7) is 5.78. The number of allylic oxidation sites excluding steroid dienone is 5. The summed E-state index contributed by atoms with van der Waals surface area (Å²) in [6.07, 6.45) is 9.19. The molecule has 0 saturated carbocycles. The van der Waals surface area contributed by atoms with Crippen LogP contribution in [0.2, 0.25) is 0 Å². The lowest BCUT2D eigenvalue weighted by Crippen LogP contribution is -1.74. The highest BCUT2D eigenvalue weighted by atomic mass is 16.1. The summed E-state index contributed by atoms with van der Waals surface area (Å²) in [4.78, 5) is 8.00. The van der Waals surface area contributed by atoms with Crippen LogP contribution in [0.15, 0.2) is 36.5 Å². The van der Waals surface area contributed by atoms with E-state index in [1.54, 1.807) is 0 Å². The van der Waals surface area contributed by atoms with Crippen molar-refractivity contribution < 1.29 is 4.79 Å². The van der Waals surface area contributed by atoms with Gasteiger partial charge in [0, 0.05) is 0 Å². The van der Waals surface area contributed by atoms with Crippen LogP contribution in [0.4, 0.5) is 0 Å². The normalized spacial score (nSPS) is 14.4. The van der Waals surface area contributed by atoms with Crippen LogP contribution >= 0.6 is 0 Å². The fraction of sp³-hybridized carbons (Fsp3) is 0.125. The highest BCUT2D eigenvalue weighted by Gasteiger charge is 1.84. The maximum absolute atomic E-state index is 8.00. The number of hydrogen-bond donors (Lipinski definition) is 0. The predicted octanol–water partition coefficient (Wildman–Crippen LogP) is 1.87. The van der Waals surface area contributed by atoms with E-state index in [1.807, 2.05) is 25.0 Å². The van der Waals surface area contributed by atoms with Gasteiger partial charge in [0.2, 0.25) is 0 Å². The average Bonchev–Trinajstić information content (AvgIpc) is 1.94. The summed E-state index contributed by atoms with van der Waals surface area (Å²) >= 11 is 0. The molecular formula is C8H10O. The molecule has 1 heteroatoms. The monoisotopic (exact) mass is 122 g/mol. The molecule has 0 bridgehead atoms. The van der Waals surface area contributed by atoms with E-state index in [-0.39, 0.29) is 0 Å². The van der Waals surface area contributed by atoms with Crippen LogP contribution in [0.3, 0.4) is 0 Å². The van der Waals surface area contributed by atoms with E-state index in [0.717, 1.165) is 6.42 Å². The van der Waals surface area contributed by atoms with Gasteiger partial charge in [0.15, 0.2) is 0 Å². The van der Waals surface area contributed by atoms with Crippen LogP contribution < -0.4 is 0 Å². The lowest BCUT2D eigenvalue weighted by molar-refractivity contribution is -0.0979. The van der Waals surface area contributed by atoms with E-state index in [2.05, 4.69) is 12.7 Å². The average molecular weight is 122 g/mol. The Kier molecular flexibility index (Phi) is 4.41. The maximum atomic E-state index is 8.00. The van der Waals surface area contributed by atoms with Crippen molar-refractivity contribution in [2.24, 2.45) is 0 Å². The molecule has 0 aromatic rings. The first-order valence-corrected chi connectivity index (χ1v) is 2.69. The second-order valence-electron chi connectivity index (χ2n) is 1.65. The third kappa shape index (κ3) is 3.47. The zero-order valence-electron chi connectivity index (χ0n) is 5.34. The fourth-order valence-corrected chi connectivity index (χ4v) is 0.558. The first-order valence-electron chi connectivity index (χ1n) is 2.69. The van der Waals surface area contributed by atoms with Gasteiger partial charge in [-0.05, 0) is 6.42 Å². The van der Waals surface area contributed by atoms with Crippen LogP contribution in [-0.2, 0) is 4.79 Å². The molecular weight excluding hydrogens is 112 g/mol. The molecule has 0 N–H and O–H groups in total. The van der Waals surface area contributed by atoms with Crippen molar-refractivity contribution in [1.82, 2.24) is 0 Å². The molecule has 0 fully saturated rings. The second-order valence-corrected chi connectivity index (χ2v) is 1.65. The van der Waals surface area contributed by atoms with Crippen molar-refractivity contribution >= 4 is 6.79 Å². The van der Waals surface area contributed by atoms with Gasteiger partial charge in [-0.2, -0.15) is 0 Å². The Morgan fingerprint density at radius 2 is 2.00 bits per heavy atom. The van der Waals surface area contributed by atoms with Gasteiger partial charge in [-0.15, -0.1) is 0 Å². The minimum atomic E-state index is 1.02. The number of carbonyl (C=O) groups excluding carboxylic acids is 1. The van der Waals surface area contributed by atoms with Gasteiger partial charge in [0.1, 0.15) is 6.79 Å². The Morgan fingerprint density at radius 3 is 2.22 bits per heavy atom. The molecule has 0 saturated heterocycles. The standard InChI is InChI=1S/C7H8.CH2O/c1-7-5-3-2-4-6-7;1-2/h2-5H,1,6H2;1H2. The van der Waals surface area contributed by atoms with Crippen LogP contribution in [0.5, 0.6) is 0 Å². The van der Waals surface area contributed by atoms with Crippen molar-refractivity contribution in [3.05, 3.63) is 36.5 Å². The molecule has 0 aromatic carbocycles. The van der Waals surface area contributed by atoms with Gasteiger partial charge >= 0.3 is 0 Å². The lowest BCUT2D eigenvalue weighted by atomic mass is 10.1. The van der Waals surface area contributed by atoms with E-state index < -0.39 is 0 Å². The molecule has 0 aliphatic heterocycles. The van der Waals surface area contributed by atoms with E-state index >= 15 is 0 Å². The SMILES string of the molecule is C=C1C=CC=CC1.C=O. The molecule has 0 atom stereocenters. The summed E-state index contributed by atoms with van der Waals surface area (Å²) in [5.74, 6) is 0. The highest BCUT2D eigenvalue weighted by Crippen LogP contribution is 2.05. The van der Waals surface area contributed by atoms with Crippen molar-refractivity contribution in [2.75, 3.05) is 0 Å². The molecule has 0 heterocycles. The van der Waals surface area contributed by atoms with Gasteiger partial charge in [-0.25, -0.2) is 0 Å². The molecule has 1 rings (SSSR count). The van der Waals surface area contributed by atoms with Crippen LogP contribution in [0.25, 0.3) is 0 Å². The summed E-state index contributed by atoms with van der Waals surface area (Å²) in [6, 6.07) is 0. The first kappa shape index (κ1) is 7.89. The second kappa shape index (κ2) is 5.04. The summed E-state index contributed by atoms with van der Waals surface area (Å²) in [7, 11) is 0. The molecule has 0 aromatic heterocycles. The molecule has 0 spiro atoms. The molecule has 9 heavy (non-hydrogen) atoms. The third-order valence-corrected chi connectivity index (χ3v) is 0.959. The minimum absolute atomic E-state index is 1.02. The minimum Gasteiger partial charge on any atom is -0.307 e.